The molecular weight excluding hydrogens is 184 g/mol. The van der Waals surface area contributed by atoms with Crippen molar-refractivity contribution in [1.82, 2.24) is 10.2 Å². The van der Waals surface area contributed by atoms with E-state index >= 15 is 0 Å². The lowest BCUT2D eigenvalue weighted by molar-refractivity contribution is 0.110. The average Bonchev–Trinajstić information content (AvgIpc) is 3.03. The van der Waals surface area contributed by atoms with Gasteiger partial charge in [0.25, 0.3) is 0 Å². The van der Waals surface area contributed by atoms with E-state index in [-0.39, 0.29) is 0 Å². The van der Waals surface area contributed by atoms with E-state index < -0.39 is 0 Å². The summed E-state index contributed by atoms with van der Waals surface area (Å²) in [6, 6.07) is 0.776. The van der Waals surface area contributed by atoms with Crippen LogP contribution in [0.15, 0.2) is 0 Å². The Morgan fingerprint density at radius 1 is 1.33 bits per heavy atom. The molecule has 1 aliphatic heterocycles. The van der Waals surface area contributed by atoms with Crippen LogP contribution in [-0.4, -0.2) is 36.1 Å². The standard InChI is InChI=1S/C13H26N2/c1-4-13(2,3)15-9-5-8-14-12(10-15)11-6-7-11/h11-12,14H,4-10H2,1-3H3. The van der Waals surface area contributed by atoms with E-state index in [1.54, 1.807) is 0 Å². The van der Waals surface area contributed by atoms with E-state index in [1.807, 2.05) is 0 Å². The zero-order chi connectivity index (χ0) is 10.9. The van der Waals surface area contributed by atoms with Crippen LogP contribution in [0.5, 0.6) is 0 Å². The van der Waals surface area contributed by atoms with Gasteiger partial charge in [0.1, 0.15) is 0 Å². The van der Waals surface area contributed by atoms with E-state index in [2.05, 4.69) is 31.0 Å². The summed E-state index contributed by atoms with van der Waals surface area (Å²) in [7, 11) is 0. The van der Waals surface area contributed by atoms with Crippen molar-refractivity contribution in [2.75, 3.05) is 19.6 Å². The van der Waals surface area contributed by atoms with Crippen molar-refractivity contribution < 1.29 is 0 Å². The Bertz CT molecular complexity index is 209. The van der Waals surface area contributed by atoms with Crippen LogP contribution in [0.4, 0.5) is 0 Å². The molecule has 1 saturated heterocycles. The lowest BCUT2D eigenvalue weighted by Crippen LogP contribution is -2.48. The van der Waals surface area contributed by atoms with Crippen molar-refractivity contribution in [1.29, 1.82) is 0 Å². The first-order valence-electron chi connectivity index (χ1n) is 6.62. The first kappa shape index (κ1) is 11.4. The molecule has 2 fully saturated rings. The minimum Gasteiger partial charge on any atom is -0.312 e. The van der Waals surface area contributed by atoms with Gasteiger partial charge >= 0.3 is 0 Å². The van der Waals surface area contributed by atoms with Gasteiger partial charge in [-0.25, -0.2) is 0 Å². The van der Waals surface area contributed by atoms with Crippen LogP contribution in [-0.2, 0) is 0 Å². The Kier molecular flexibility index (Phi) is 3.36. The Labute approximate surface area is 94.4 Å². The fourth-order valence-electron chi connectivity index (χ4n) is 2.54. The fourth-order valence-corrected chi connectivity index (χ4v) is 2.54. The van der Waals surface area contributed by atoms with Gasteiger partial charge in [-0.3, -0.25) is 4.90 Å². The summed E-state index contributed by atoms with van der Waals surface area (Å²) in [5, 5.41) is 3.73. The number of rotatable bonds is 3. The van der Waals surface area contributed by atoms with Gasteiger partial charge in [0.2, 0.25) is 0 Å². The highest BCUT2D eigenvalue weighted by molar-refractivity contribution is 4.93. The topological polar surface area (TPSA) is 15.3 Å². The Balaban J connectivity index is 1.97. The van der Waals surface area contributed by atoms with Gasteiger partial charge in [-0.1, -0.05) is 6.92 Å². The minimum absolute atomic E-state index is 0.388. The number of nitrogens with one attached hydrogen (secondary N) is 1. The molecule has 2 rings (SSSR count). The Hall–Kier alpha value is -0.0800. The maximum Gasteiger partial charge on any atom is 0.0223 e. The molecule has 0 aromatic carbocycles. The minimum atomic E-state index is 0.388. The van der Waals surface area contributed by atoms with E-state index in [1.165, 1.54) is 45.3 Å². The molecule has 88 valence electrons. The monoisotopic (exact) mass is 210 g/mol. The number of hydrogen-bond donors (Lipinski definition) is 1. The van der Waals surface area contributed by atoms with Gasteiger partial charge < -0.3 is 5.32 Å². The normalized spacial score (nSPS) is 30.2. The molecule has 0 aromatic heterocycles. The summed E-state index contributed by atoms with van der Waals surface area (Å²) < 4.78 is 0. The molecule has 0 bridgehead atoms. The van der Waals surface area contributed by atoms with Crippen LogP contribution in [0, 0.1) is 5.92 Å². The maximum atomic E-state index is 3.73. The summed E-state index contributed by atoms with van der Waals surface area (Å²) in [5.74, 6) is 0.984. The van der Waals surface area contributed by atoms with Gasteiger partial charge in [-0.15, -0.1) is 0 Å². The molecule has 1 N–H and O–H groups in total. The van der Waals surface area contributed by atoms with E-state index in [0.717, 1.165) is 12.0 Å². The molecule has 1 atom stereocenters. The highest BCUT2D eigenvalue weighted by Crippen LogP contribution is 2.34. The third-order valence-electron chi connectivity index (χ3n) is 4.34. The van der Waals surface area contributed by atoms with E-state index in [0.29, 0.717) is 5.54 Å². The summed E-state index contributed by atoms with van der Waals surface area (Å²) in [6.45, 7) is 10.9. The first-order chi connectivity index (χ1) is 7.13. The van der Waals surface area contributed by atoms with Gasteiger partial charge in [0.15, 0.2) is 0 Å². The van der Waals surface area contributed by atoms with E-state index in [4.69, 9.17) is 0 Å². The van der Waals surface area contributed by atoms with Crippen LogP contribution >= 0.6 is 0 Å². The Morgan fingerprint density at radius 3 is 2.67 bits per heavy atom. The second kappa shape index (κ2) is 4.42. The zero-order valence-electron chi connectivity index (χ0n) is 10.6. The van der Waals surface area contributed by atoms with E-state index in [9.17, 15) is 0 Å². The molecule has 1 aliphatic carbocycles. The molecule has 2 nitrogen and oxygen atoms in total. The predicted molar refractivity (Wildman–Crippen MR) is 65.1 cm³/mol. The van der Waals surface area contributed by atoms with Gasteiger partial charge in [-0.05, 0) is 58.5 Å². The molecule has 0 aromatic rings. The molecule has 1 saturated carbocycles. The molecule has 1 unspecified atom stereocenters. The quantitative estimate of drug-likeness (QED) is 0.768. The fraction of sp³-hybridized carbons (Fsp3) is 1.00. The van der Waals surface area contributed by atoms with Crippen LogP contribution in [0.2, 0.25) is 0 Å². The van der Waals surface area contributed by atoms with Crippen LogP contribution in [0.3, 0.4) is 0 Å². The number of hydrogen-bond acceptors (Lipinski definition) is 2. The summed E-state index contributed by atoms with van der Waals surface area (Å²) in [5.41, 5.74) is 0.388. The highest BCUT2D eigenvalue weighted by atomic mass is 15.2. The molecular formula is C13H26N2. The molecule has 0 spiro atoms. The second-order valence-corrected chi connectivity index (χ2v) is 5.86. The number of nitrogens with zero attached hydrogens (tertiary/aromatic N) is 1. The maximum absolute atomic E-state index is 3.73. The highest BCUT2D eigenvalue weighted by Gasteiger charge is 2.36. The van der Waals surface area contributed by atoms with Crippen molar-refractivity contribution in [3.05, 3.63) is 0 Å². The average molecular weight is 210 g/mol. The third kappa shape index (κ3) is 2.73. The second-order valence-electron chi connectivity index (χ2n) is 5.86. The van der Waals surface area contributed by atoms with Gasteiger partial charge in [0, 0.05) is 18.1 Å². The predicted octanol–water partition coefficient (Wildman–Crippen LogP) is 2.25. The van der Waals surface area contributed by atoms with Crippen molar-refractivity contribution in [3.8, 4) is 0 Å². The molecule has 15 heavy (non-hydrogen) atoms. The van der Waals surface area contributed by atoms with Gasteiger partial charge in [-0.2, -0.15) is 0 Å². The first-order valence-corrected chi connectivity index (χ1v) is 6.62. The lowest BCUT2D eigenvalue weighted by atomic mass is 9.98. The summed E-state index contributed by atoms with van der Waals surface area (Å²) in [4.78, 5) is 2.70. The SMILES string of the molecule is CCC(C)(C)N1CCCNC(C2CC2)C1. The Morgan fingerprint density at radius 2 is 2.07 bits per heavy atom. The molecule has 0 radical (unpaired) electrons. The van der Waals surface area contributed by atoms with Crippen molar-refractivity contribution in [3.63, 3.8) is 0 Å². The summed E-state index contributed by atoms with van der Waals surface area (Å²) >= 11 is 0. The zero-order valence-corrected chi connectivity index (χ0v) is 10.6. The van der Waals surface area contributed by atoms with Crippen LogP contribution in [0.1, 0.15) is 46.5 Å². The van der Waals surface area contributed by atoms with Crippen molar-refractivity contribution in [2.24, 2.45) is 5.92 Å². The molecule has 2 heteroatoms. The largest absolute Gasteiger partial charge is 0.312 e. The molecule has 1 heterocycles. The summed E-state index contributed by atoms with van der Waals surface area (Å²) in [6.07, 6.45) is 5.48. The molecule has 0 amide bonds. The third-order valence-corrected chi connectivity index (χ3v) is 4.34. The lowest BCUT2D eigenvalue weighted by Gasteiger charge is -2.38. The molecule has 2 aliphatic rings. The van der Waals surface area contributed by atoms with Crippen LogP contribution < -0.4 is 5.32 Å². The van der Waals surface area contributed by atoms with Gasteiger partial charge in [0.05, 0.1) is 0 Å². The van der Waals surface area contributed by atoms with Crippen molar-refractivity contribution >= 4 is 0 Å². The smallest absolute Gasteiger partial charge is 0.0223 e. The van der Waals surface area contributed by atoms with Crippen molar-refractivity contribution in [2.45, 2.75) is 58.0 Å². The van der Waals surface area contributed by atoms with Crippen LogP contribution in [0.25, 0.3) is 0 Å².